The topological polar surface area (TPSA) is 76.2 Å². The molecule has 0 amide bonds. The number of hydrogen-bond acceptors (Lipinski definition) is 5. The number of rotatable bonds is 7. The second-order valence-electron chi connectivity index (χ2n) is 6.07. The van der Waals surface area contributed by atoms with Crippen molar-refractivity contribution in [2.75, 3.05) is 0 Å². The molecule has 5 nitrogen and oxygen atoms in total. The van der Waals surface area contributed by atoms with Crippen molar-refractivity contribution in [2.24, 2.45) is 0 Å². The fraction of sp³-hybridized carbons (Fsp3) is 0.250. The molecule has 6 heteroatoms. The molecule has 0 unspecified atom stereocenters. The average Bonchev–Trinajstić information content (AvgIpc) is 3.26. The van der Waals surface area contributed by atoms with Gasteiger partial charge in [0.05, 0.1) is 11.3 Å². The molecule has 2 heterocycles. The van der Waals surface area contributed by atoms with Crippen LogP contribution in [-0.4, -0.2) is 28.6 Å². The Morgan fingerprint density at radius 3 is 2.62 bits per heavy atom. The number of ether oxygens (including phenoxy) is 1. The molecule has 134 valence electrons. The van der Waals surface area contributed by atoms with Crippen LogP contribution < -0.4 is 0 Å². The molecule has 0 aliphatic carbocycles. The summed E-state index contributed by atoms with van der Waals surface area (Å²) in [6.45, 7) is 3.38. The molecule has 0 bridgehead atoms. The summed E-state index contributed by atoms with van der Waals surface area (Å²) in [5.41, 5.74) is 2.15. The average molecular weight is 369 g/mol. The summed E-state index contributed by atoms with van der Waals surface area (Å²) in [7, 11) is 0. The first-order valence-corrected chi connectivity index (χ1v) is 9.23. The minimum absolute atomic E-state index is 0.0405. The maximum absolute atomic E-state index is 12.7. The van der Waals surface area contributed by atoms with Crippen LogP contribution in [0, 0.1) is 6.92 Å². The number of H-pyrrole nitrogens is 1. The van der Waals surface area contributed by atoms with Crippen molar-refractivity contribution < 1.29 is 19.1 Å². The molecular formula is C20H19NO4S. The van der Waals surface area contributed by atoms with Crippen molar-refractivity contribution in [2.45, 2.75) is 32.8 Å². The van der Waals surface area contributed by atoms with Gasteiger partial charge in [0.25, 0.3) is 0 Å². The van der Waals surface area contributed by atoms with Crippen LogP contribution in [0.25, 0.3) is 10.9 Å². The molecule has 1 atom stereocenters. The third-order valence-electron chi connectivity index (χ3n) is 4.17. The largest absolute Gasteiger partial charge is 0.454 e. The predicted octanol–water partition coefficient (Wildman–Crippen LogP) is 4.32. The molecule has 1 N–H and O–H groups in total. The van der Waals surface area contributed by atoms with E-state index in [1.165, 1.54) is 11.3 Å². The maximum atomic E-state index is 12.7. The number of aromatic nitrogens is 1. The SMILES string of the molecule is Cc1[nH]c2ccccc2c1C(=O)[C@H](C)OC(=O)CCC(=O)c1cccs1. The molecule has 0 aliphatic heterocycles. The number of para-hydroxylation sites is 1. The van der Waals surface area contributed by atoms with Gasteiger partial charge in [-0.25, -0.2) is 0 Å². The summed E-state index contributed by atoms with van der Waals surface area (Å²) in [6, 6.07) is 11.0. The summed E-state index contributed by atoms with van der Waals surface area (Å²) in [4.78, 5) is 40.5. The van der Waals surface area contributed by atoms with Crippen molar-refractivity contribution in [3.05, 3.63) is 57.9 Å². The van der Waals surface area contributed by atoms with Crippen molar-refractivity contribution in [1.29, 1.82) is 0 Å². The van der Waals surface area contributed by atoms with E-state index in [1.54, 1.807) is 19.1 Å². The van der Waals surface area contributed by atoms with Crippen LogP contribution in [-0.2, 0) is 9.53 Å². The zero-order valence-corrected chi connectivity index (χ0v) is 15.4. The first kappa shape index (κ1) is 18.1. The van der Waals surface area contributed by atoms with Crippen LogP contribution in [0.15, 0.2) is 41.8 Å². The van der Waals surface area contributed by atoms with Gasteiger partial charge in [-0.1, -0.05) is 24.3 Å². The zero-order valence-electron chi connectivity index (χ0n) is 14.6. The number of aromatic amines is 1. The first-order valence-electron chi connectivity index (χ1n) is 8.35. The molecule has 3 aromatic rings. The smallest absolute Gasteiger partial charge is 0.306 e. The lowest BCUT2D eigenvalue weighted by molar-refractivity contribution is -0.146. The molecule has 0 spiro atoms. The monoisotopic (exact) mass is 369 g/mol. The number of fused-ring (bicyclic) bond motifs is 1. The second-order valence-corrected chi connectivity index (χ2v) is 7.02. The van der Waals surface area contributed by atoms with Gasteiger partial charge in [-0.3, -0.25) is 14.4 Å². The van der Waals surface area contributed by atoms with Gasteiger partial charge in [-0.05, 0) is 31.4 Å². The van der Waals surface area contributed by atoms with Gasteiger partial charge < -0.3 is 9.72 Å². The fourth-order valence-corrected chi connectivity index (χ4v) is 3.58. The van der Waals surface area contributed by atoms with Crippen LogP contribution in [0.3, 0.4) is 0 Å². The molecule has 0 aliphatic rings. The van der Waals surface area contributed by atoms with Gasteiger partial charge in [0.1, 0.15) is 0 Å². The van der Waals surface area contributed by atoms with E-state index in [1.807, 2.05) is 36.6 Å². The lowest BCUT2D eigenvalue weighted by Gasteiger charge is -2.12. The Bertz CT molecular complexity index is 956. The van der Waals surface area contributed by atoms with Crippen molar-refractivity contribution in [3.8, 4) is 0 Å². The highest BCUT2D eigenvalue weighted by atomic mass is 32.1. The zero-order chi connectivity index (χ0) is 18.7. The van der Waals surface area contributed by atoms with Crippen molar-refractivity contribution in [1.82, 2.24) is 4.98 Å². The Hall–Kier alpha value is -2.73. The van der Waals surface area contributed by atoms with E-state index in [2.05, 4.69) is 4.98 Å². The molecule has 0 saturated heterocycles. The van der Waals surface area contributed by atoms with Gasteiger partial charge >= 0.3 is 5.97 Å². The van der Waals surface area contributed by atoms with Crippen molar-refractivity contribution >= 4 is 39.8 Å². The van der Waals surface area contributed by atoms with Crippen LogP contribution in [0.1, 0.15) is 45.5 Å². The molecule has 3 rings (SSSR count). The first-order chi connectivity index (χ1) is 12.5. The summed E-state index contributed by atoms with van der Waals surface area (Å²) < 4.78 is 5.26. The minimum atomic E-state index is -0.905. The van der Waals surface area contributed by atoms with E-state index in [9.17, 15) is 14.4 Å². The predicted molar refractivity (Wildman–Crippen MR) is 101 cm³/mol. The van der Waals surface area contributed by atoms with E-state index < -0.39 is 12.1 Å². The summed E-state index contributed by atoms with van der Waals surface area (Å²) in [5, 5.41) is 2.63. The lowest BCUT2D eigenvalue weighted by atomic mass is 10.0. The van der Waals surface area contributed by atoms with Crippen molar-refractivity contribution in [3.63, 3.8) is 0 Å². The van der Waals surface area contributed by atoms with Gasteiger partial charge in [0.15, 0.2) is 11.9 Å². The molecule has 2 aromatic heterocycles. The number of hydrogen-bond donors (Lipinski definition) is 1. The van der Waals surface area contributed by atoms with Crippen LogP contribution in [0.2, 0.25) is 0 Å². The Morgan fingerprint density at radius 2 is 1.88 bits per heavy atom. The van der Waals surface area contributed by atoms with E-state index >= 15 is 0 Å². The molecule has 0 radical (unpaired) electrons. The Kier molecular flexibility index (Phi) is 5.32. The normalized spacial score (nSPS) is 12.1. The molecule has 26 heavy (non-hydrogen) atoms. The highest BCUT2D eigenvalue weighted by Crippen LogP contribution is 2.24. The second kappa shape index (κ2) is 7.66. The van der Waals surface area contributed by atoms with E-state index in [0.717, 1.165) is 16.6 Å². The number of nitrogens with one attached hydrogen (secondary N) is 1. The van der Waals surface area contributed by atoms with E-state index in [0.29, 0.717) is 10.4 Å². The third-order valence-corrected chi connectivity index (χ3v) is 5.08. The Morgan fingerprint density at radius 1 is 1.12 bits per heavy atom. The molecule has 0 saturated carbocycles. The number of carbonyl (C=O) groups excluding carboxylic acids is 3. The summed E-state index contributed by atoms with van der Waals surface area (Å²) >= 11 is 1.34. The van der Waals surface area contributed by atoms with Gasteiger partial charge in [-0.15, -0.1) is 11.3 Å². The Balaban J connectivity index is 1.62. The Labute approximate surface area is 155 Å². The number of ketones is 2. The standard InChI is InChI=1S/C20H19NO4S/c1-12-19(14-6-3-4-7-15(14)21-12)20(24)13(2)25-18(23)10-9-16(22)17-8-5-11-26-17/h3-8,11,13,21H,9-10H2,1-2H3/t13-/m0/s1. The minimum Gasteiger partial charge on any atom is -0.454 e. The lowest BCUT2D eigenvalue weighted by Crippen LogP contribution is -2.25. The third kappa shape index (κ3) is 3.75. The van der Waals surface area contributed by atoms with Crippen LogP contribution in [0.5, 0.6) is 0 Å². The number of thiophene rings is 1. The van der Waals surface area contributed by atoms with Gasteiger partial charge in [0, 0.05) is 28.6 Å². The molecule has 0 fully saturated rings. The summed E-state index contributed by atoms with van der Waals surface area (Å²) in [6.07, 6.45) is -0.870. The van der Waals surface area contributed by atoms with E-state index in [4.69, 9.17) is 4.74 Å². The maximum Gasteiger partial charge on any atom is 0.306 e. The van der Waals surface area contributed by atoms with Gasteiger partial charge in [0.2, 0.25) is 5.78 Å². The van der Waals surface area contributed by atoms with Crippen LogP contribution >= 0.6 is 11.3 Å². The quantitative estimate of drug-likeness (QED) is 0.497. The van der Waals surface area contributed by atoms with Crippen LogP contribution in [0.4, 0.5) is 0 Å². The number of Topliss-reactive ketones (excluding diaryl/α,β-unsaturated/α-hetero) is 2. The molecular weight excluding hydrogens is 350 g/mol. The number of carbonyl (C=O) groups is 3. The van der Waals surface area contributed by atoms with Gasteiger partial charge in [-0.2, -0.15) is 0 Å². The number of benzene rings is 1. The number of aryl methyl sites for hydroxylation is 1. The highest BCUT2D eigenvalue weighted by Gasteiger charge is 2.24. The number of esters is 1. The van der Waals surface area contributed by atoms with E-state index in [-0.39, 0.29) is 24.4 Å². The summed E-state index contributed by atoms with van der Waals surface area (Å²) in [5.74, 6) is -0.894. The fourth-order valence-electron chi connectivity index (χ4n) is 2.88. The highest BCUT2D eigenvalue weighted by molar-refractivity contribution is 7.12. The molecule has 1 aromatic carbocycles.